The van der Waals surface area contributed by atoms with Crippen molar-refractivity contribution in [2.24, 2.45) is 0 Å². The van der Waals surface area contributed by atoms with Crippen LogP contribution in [-0.2, 0) is 9.53 Å². The van der Waals surface area contributed by atoms with E-state index in [1.54, 1.807) is 6.92 Å². The van der Waals surface area contributed by atoms with Crippen LogP contribution in [-0.4, -0.2) is 27.9 Å². The molecule has 1 aromatic carbocycles. The quantitative estimate of drug-likeness (QED) is 0.471. The maximum absolute atomic E-state index is 13.0. The number of ether oxygens (including phenoxy) is 1. The lowest BCUT2D eigenvalue weighted by Gasteiger charge is -2.26. The molecular weight excluding hydrogens is 324 g/mol. The zero-order valence-electron chi connectivity index (χ0n) is 13.9. The van der Waals surface area contributed by atoms with Crippen LogP contribution in [0, 0.1) is 0 Å². The Labute approximate surface area is 145 Å². The number of aromatic nitrogens is 2. The first-order valence-corrected chi connectivity index (χ1v) is 9.49. The van der Waals surface area contributed by atoms with Crippen molar-refractivity contribution in [1.82, 2.24) is 9.55 Å². The van der Waals surface area contributed by atoms with Gasteiger partial charge in [-0.2, -0.15) is 0 Å². The van der Waals surface area contributed by atoms with Crippen molar-refractivity contribution in [3.8, 4) is 0 Å². The third kappa shape index (κ3) is 3.64. The normalized spacial score (nSPS) is 15.5. The summed E-state index contributed by atoms with van der Waals surface area (Å²) in [7, 11) is 0. The molecule has 0 aliphatic heterocycles. The topological polar surface area (TPSA) is 61.2 Å². The molecule has 128 valence electrons. The minimum atomic E-state index is -0.278. The SMILES string of the molecule is CCOC(=O)CSc1nc2ccccc2c(=O)n1C1CCCCC1. The van der Waals surface area contributed by atoms with Crippen LogP contribution >= 0.6 is 11.8 Å². The fraction of sp³-hybridized carbons (Fsp3) is 0.500. The Hall–Kier alpha value is -1.82. The molecule has 0 unspecified atom stereocenters. The van der Waals surface area contributed by atoms with Gasteiger partial charge in [-0.05, 0) is 31.9 Å². The average molecular weight is 346 g/mol. The van der Waals surface area contributed by atoms with Gasteiger partial charge in [-0.3, -0.25) is 14.2 Å². The van der Waals surface area contributed by atoms with E-state index in [4.69, 9.17) is 4.74 Å². The number of nitrogens with zero attached hydrogens (tertiary/aromatic N) is 2. The van der Waals surface area contributed by atoms with Crippen molar-refractivity contribution in [2.75, 3.05) is 12.4 Å². The Morgan fingerprint density at radius 3 is 2.79 bits per heavy atom. The second-order valence-corrected chi connectivity index (χ2v) is 6.91. The van der Waals surface area contributed by atoms with Crippen LogP contribution in [0.25, 0.3) is 10.9 Å². The van der Waals surface area contributed by atoms with Crippen molar-refractivity contribution in [2.45, 2.75) is 50.2 Å². The Bertz CT molecular complexity index is 781. The number of thioether (sulfide) groups is 1. The Morgan fingerprint density at radius 2 is 2.04 bits per heavy atom. The van der Waals surface area contributed by atoms with Gasteiger partial charge in [0, 0.05) is 6.04 Å². The van der Waals surface area contributed by atoms with Crippen molar-refractivity contribution in [3.05, 3.63) is 34.6 Å². The molecule has 1 aliphatic carbocycles. The summed E-state index contributed by atoms with van der Waals surface area (Å²) in [5, 5.41) is 1.27. The number of carbonyl (C=O) groups excluding carboxylic acids is 1. The molecule has 0 saturated heterocycles. The highest BCUT2D eigenvalue weighted by Crippen LogP contribution is 2.31. The molecule has 3 rings (SSSR count). The molecule has 1 aliphatic rings. The fourth-order valence-corrected chi connectivity index (χ4v) is 4.08. The molecule has 1 saturated carbocycles. The number of para-hydroxylation sites is 1. The predicted octanol–water partition coefficient (Wildman–Crippen LogP) is 3.56. The highest BCUT2D eigenvalue weighted by atomic mass is 32.2. The maximum atomic E-state index is 13.0. The molecule has 0 N–H and O–H groups in total. The number of rotatable bonds is 5. The Balaban J connectivity index is 2.00. The number of hydrogen-bond donors (Lipinski definition) is 0. The van der Waals surface area contributed by atoms with Gasteiger partial charge in [0.2, 0.25) is 0 Å². The molecule has 1 heterocycles. The molecule has 0 atom stereocenters. The number of carbonyl (C=O) groups is 1. The van der Waals surface area contributed by atoms with Crippen LogP contribution in [0.2, 0.25) is 0 Å². The van der Waals surface area contributed by atoms with Gasteiger partial charge >= 0.3 is 5.97 Å². The van der Waals surface area contributed by atoms with Crippen molar-refractivity contribution in [1.29, 1.82) is 0 Å². The summed E-state index contributed by atoms with van der Waals surface area (Å²) < 4.78 is 6.80. The molecule has 0 amide bonds. The average Bonchev–Trinajstić information content (AvgIpc) is 2.61. The van der Waals surface area contributed by atoms with E-state index in [0.717, 1.165) is 25.7 Å². The van der Waals surface area contributed by atoms with Gasteiger partial charge in [-0.25, -0.2) is 4.98 Å². The molecule has 1 fully saturated rings. The van der Waals surface area contributed by atoms with Crippen LogP contribution in [0.3, 0.4) is 0 Å². The molecule has 2 aromatic rings. The van der Waals surface area contributed by atoms with E-state index in [9.17, 15) is 9.59 Å². The van der Waals surface area contributed by atoms with Crippen molar-refractivity contribution in [3.63, 3.8) is 0 Å². The highest BCUT2D eigenvalue weighted by Gasteiger charge is 2.22. The van der Waals surface area contributed by atoms with Crippen molar-refractivity contribution >= 4 is 28.6 Å². The summed E-state index contributed by atoms with van der Waals surface area (Å²) in [6.45, 7) is 2.15. The fourth-order valence-electron chi connectivity index (χ4n) is 3.21. The van der Waals surface area contributed by atoms with Gasteiger partial charge in [-0.1, -0.05) is 43.2 Å². The zero-order valence-corrected chi connectivity index (χ0v) is 14.7. The third-order valence-corrected chi connectivity index (χ3v) is 5.27. The second kappa shape index (κ2) is 7.83. The summed E-state index contributed by atoms with van der Waals surface area (Å²) in [5.74, 6) is -0.106. The Kier molecular flexibility index (Phi) is 5.56. The molecule has 1 aromatic heterocycles. The number of hydrogen-bond acceptors (Lipinski definition) is 5. The van der Waals surface area contributed by atoms with E-state index < -0.39 is 0 Å². The van der Waals surface area contributed by atoms with Crippen LogP contribution in [0.1, 0.15) is 45.1 Å². The van der Waals surface area contributed by atoms with Gasteiger partial charge < -0.3 is 4.74 Å². The van der Waals surface area contributed by atoms with E-state index in [1.807, 2.05) is 28.8 Å². The van der Waals surface area contributed by atoms with Crippen molar-refractivity contribution < 1.29 is 9.53 Å². The third-order valence-electron chi connectivity index (χ3n) is 4.34. The second-order valence-electron chi connectivity index (χ2n) is 5.97. The maximum Gasteiger partial charge on any atom is 0.316 e. The minimum Gasteiger partial charge on any atom is -0.465 e. The lowest BCUT2D eigenvalue weighted by Crippen LogP contribution is -2.29. The van der Waals surface area contributed by atoms with Gasteiger partial charge in [0.15, 0.2) is 5.16 Å². The molecule has 6 heteroatoms. The van der Waals surface area contributed by atoms with Crippen LogP contribution in [0.15, 0.2) is 34.2 Å². The summed E-state index contributed by atoms with van der Waals surface area (Å²) in [4.78, 5) is 29.4. The van der Waals surface area contributed by atoms with E-state index in [2.05, 4.69) is 4.98 Å². The molecule has 0 bridgehead atoms. The van der Waals surface area contributed by atoms with Gasteiger partial charge in [0.25, 0.3) is 5.56 Å². The number of esters is 1. The van der Waals surface area contributed by atoms with Crippen LogP contribution in [0.5, 0.6) is 0 Å². The first kappa shape index (κ1) is 17.0. The largest absolute Gasteiger partial charge is 0.465 e. The van der Waals surface area contributed by atoms with E-state index in [-0.39, 0.29) is 23.3 Å². The zero-order chi connectivity index (χ0) is 16.9. The predicted molar refractivity (Wildman–Crippen MR) is 95.5 cm³/mol. The summed E-state index contributed by atoms with van der Waals surface area (Å²) in [6, 6.07) is 7.58. The van der Waals surface area contributed by atoms with E-state index >= 15 is 0 Å². The van der Waals surface area contributed by atoms with E-state index in [1.165, 1.54) is 18.2 Å². The first-order valence-electron chi connectivity index (χ1n) is 8.50. The van der Waals surface area contributed by atoms with Crippen LogP contribution < -0.4 is 5.56 Å². The monoisotopic (exact) mass is 346 g/mol. The van der Waals surface area contributed by atoms with Crippen LogP contribution in [0.4, 0.5) is 0 Å². The summed E-state index contributed by atoms with van der Waals surface area (Å²) >= 11 is 1.30. The molecular formula is C18H22N2O3S. The van der Waals surface area contributed by atoms with Gasteiger partial charge in [0.05, 0.1) is 23.3 Å². The molecule has 24 heavy (non-hydrogen) atoms. The van der Waals surface area contributed by atoms with Gasteiger partial charge in [0.1, 0.15) is 0 Å². The smallest absolute Gasteiger partial charge is 0.316 e. The number of fused-ring (bicyclic) bond motifs is 1. The standard InChI is InChI=1S/C18H22N2O3S/c1-2-23-16(21)12-24-18-19-15-11-7-6-10-14(15)17(22)20(18)13-8-4-3-5-9-13/h6-7,10-11,13H,2-5,8-9,12H2,1H3. The summed E-state index contributed by atoms with van der Waals surface area (Å²) in [5.41, 5.74) is 0.680. The van der Waals surface area contributed by atoms with Gasteiger partial charge in [-0.15, -0.1) is 0 Å². The molecule has 5 nitrogen and oxygen atoms in total. The highest BCUT2D eigenvalue weighted by molar-refractivity contribution is 7.99. The van der Waals surface area contributed by atoms with E-state index in [0.29, 0.717) is 22.7 Å². The molecule has 0 radical (unpaired) electrons. The minimum absolute atomic E-state index is 0.00106. The Morgan fingerprint density at radius 1 is 1.29 bits per heavy atom. The lowest BCUT2D eigenvalue weighted by atomic mass is 9.95. The first-order chi connectivity index (χ1) is 11.7. The summed E-state index contributed by atoms with van der Waals surface area (Å²) in [6.07, 6.45) is 5.47. The molecule has 0 spiro atoms. The number of benzene rings is 1. The lowest BCUT2D eigenvalue weighted by molar-refractivity contribution is -0.139.